The zero-order valence-electron chi connectivity index (χ0n) is 15.6. The Balaban J connectivity index is 1.72. The van der Waals surface area contributed by atoms with E-state index in [-0.39, 0.29) is 11.8 Å². The number of amides is 1. The summed E-state index contributed by atoms with van der Waals surface area (Å²) in [4.78, 5) is 27.8. The monoisotopic (exact) mass is 341 g/mol. The summed E-state index contributed by atoms with van der Waals surface area (Å²) < 4.78 is 2.03. The van der Waals surface area contributed by atoms with Crippen LogP contribution in [0.15, 0.2) is 18.6 Å². The van der Waals surface area contributed by atoms with Crippen LogP contribution >= 0.6 is 0 Å². The molecule has 1 saturated heterocycles. The van der Waals surface area contributed by atoms with Gasteiger partial charge in [-0.05, 0) is 32.1 Å². The van der Waals surface area contributed by atoms with Gasteiger partial charge in [0.1, 0.15) is 11.5 Å². The van der Waals surface area contributed by atoms with Crippen LogP contribution in [-0.2, 0) is 18.3 Å². The molecular weight excluding hydrogens is 314 g/mol. The van der Waals surface area contributed by atoms with E-state index in [1.165, 1.54) is 0 Å². The van der Waals surface area contributed by atoms with Crippen LogP contribution < -0.4 is 0 Å². The van der Waals surface area contributed by atoms with Gasteiger partial charge < -0.3 is 9.47 Å². The van der Waals surface area contributed by atoms with Crippen molar-refractivity contribution in [2.24, 2.45) is 18.9 Å². The number of aryl methyl sites for hydroxylation is 1. The Morgan fingerprint density at radius 3 is 2.80 bits per heavy atom. The van der Waals surface area contributed by atoms with Crippen molar-refractivity contribution < 1.29 is 4.79 Å². The number of piperidine rings is 1. The van der Waals surface area contributed by atoms with E-state index in [9.17, 15) is 4.79 Å². The van der Waals surface area contributed by atoms with Gasteiger partial charge in [0.15, 0.2) is 0 Å². The predicted molar refractivity (Wildman–Crippen MR) is 96.8 cm³/mol. The summed E-state index contributed by atoms with van der Waals surface area (Å²) in [5, 5.41) is 0. The largest absolute Gasteiger partial charge is 0.342 e. The standard InChI is InChI=1S/C19H27N5O/c1-13(2)19(25)24-7-5-6-15(12-24)8-16-9-20-10-17(22-16)18-11-21-14(3)23(18)4/h9-11,13,15H,5-8,12H2,1-4H3/t15-/m0/s1. The molecule has 0 N–H and O–H groups in total. The fourth-order valence-electron chi connectivity index (χ4n) is 3.46. The number of imidazole rings is 1. The van der Waals surface area contributed by atoms with Crippen molar-refractivity contribution in [3.63, 3.8) is 0 Å². The molecule has 3 rings (SSSR count). The number of likely N-dealkylation sites (tertiary alicyclic amines) is 1. The van der Waals surface area contributed by atoms with E-state index in [1.54, 1.807) is 6.20 Å². The highest BCUT2D eigenvalue weighted by molar-refractivity contribution is 5.78. The zero-order valence-corrected chi connectivity index (χ0v) is 15.6. The predicted octanol–water partition coefficient (Wildman–Crippen LogP) is 2.62. The Hall–Kier alpha value is -2.24. The maximum Gasteiger partial charge on any atom is 0.225 e. The lowest BCUT2D eigenvalue weighted by molar-refractivity contribution is -0.136. The molecule has 1 aliphatic rings. The summed E-state index contributed by atoms with van der Waals surface area (Å²) in [6, 6.07) is 0. The second-order valence-corrected chi connectivity index (χ2v) is 7.30. The molecule has 0 bridgehead atoms. The van der Waals surface area contributed by atoms with Crippen LogP contribution in [0.2, 0.25) is 0 Å². The fourth-order valence-corrected chi connectivity index (χ4v) is 3.46. The fraction of sp³-hybridized carbons (Fsp3) is 0.579. The third-order valence-electron chi connectivity index (χ3n) is 4.99. The van der Waals surface area contributed by atoms with E-state index in [1.807, 2.05) is 49.7 Å². The summed E-state index contributed by atoms with van der Waals surface area (Å²) in [6.45, 7) is 7.62. The smallest absolute Gasteiger partial charge is 0.225 e. The molecule has 0 saturated carbocycles. The van der Waals surface area contributed by atoms with Crippen molar-refractivity contribution in [1.29, 1.82) is 0 Å². The van der Waals surface area contributed by atoms with Crippen LogP contribution in [0.5, 0.6) is 0 Å². The molecule has 0 aliphatic carbocycles. The number of carbonyl (C=O) groups excluding carboxylic acids is 1. The summed E-state index contributed by atoms with van der Waals surface area (Å²) in [5.41, 5.74) is 2.82. The van der Waals surface area contributed by atoms with Gasteiger partial charge >= 0.3 is 0 Å². The number of nitrogens with zero attached hydrogens (tertiary/aromatic N) is 5. The van der Waals surface area contributed by atoms with Gasteiger partial charge in [-0.25, -0.2) is 9.97 Å². The minimum atomic E-state index is 0.0648. The summed E-state index contributed by atoms with van der Waals surface area (Å²) in [7, 11) is 1.99. The average molecular weight is 341 g/mol. The second kappa shape index (κ2) is 7.33. The Kier molecular flexibility index (Phi) is 5.16. The van der Waals surface area contributed by atoms with Crippen LogP contribution in [0, 0.1) is 18.8 Å². The van der Waals surface area contributed by atoms with Crippen molar-refractivity contribution in [2.45, 2.75) is 40.0 Å². The van der Waals surface area contributed by atoms with Crippen molar-refractivity contribution in [1.82, 2.24) is 24.4 Å². The van der Waals surface area contributed by atoms with Gasteiger partial charge in [-0.2, -0.15) is 0 Å². The normalized spacial score (nSPS) is 18.0. The van der Waals surface area contributed by atoms with Gasteiger partial charge in [0, 0.05) is 32.3 Å². The highest BCUT2D eigenvalue weighted by Gasteiger charge is 2.25. The van der Waals surface area contributed by atoms with E-state index >= 15 is 0 Å². The highest BCUT2D eigenvalue weighted by Crippen LogP contribution is 2.23. The molecule has 0 unspecified atom stereocenters. The number of hydrogen-bond donors (Lipinski definition) is 0. The van der Waals surface area contributed by atoms with Gasteiger partial charge in [-0.3, -0.25) is 9.78 Å². The van der Waals surface area contributed by atoms with E-state index < -0.39 is 0 Å². The molecule has 25 heavy (non-hydrogen) atoms. The molecule has 134 valence electrons. The quantitative estimate of drug-likeness (QED) is 0.857. The Labute approximate surface area is 149 Å². The van der Waals surface area contributed by atoms with Crippen molar-refractivity contribution >= 4 is 5.91 Å². The summed E-state index contributed by atoms with van der Waals surface area (Å²) in [6.07, 6.45) is 8.54. The first-order valence-electron chi connectivity index (χ1n) is 9.04. The molecule has 3 heterocycles. The molecule has 1 atom stereocenters. The van der Waals surface area contributed by atoms with E-state index in [2.05, 4.69) is 9.97 Å². The lowest BCUT2D eigenvalue weighted by Gasteiger charge is -2.33. The Morgan fingerprint density at radius 1 is 1.32 bits per heavy atom. The molecular formula is C19H27N5O. The first-order valence-corrected chi connectivity index (χ1v) is 9.04. The molecule has 1 fully saturated rings. The number of carbonyl (C=O) groups is 1. The first-order chi connectivity index (χ1) is 12.0. The third-order valence-corrected chi connectivity index (χ3v) is 4.99. The van der Waals surface area contributed by atoms with Gasteiger partial charge in [-0.15, -0.1) is 0 Å². The van der Waals surface area contributed by atoms with E-state index in [0.29, 0.717) is 5.92 Å². The molecule has 6 nitrogen and oxygen atoms in total. The van der Waals surface area contributed by atoms with Crippen LogP contribution in [0.3, 0.4) is 0 Å². The SMILES string of the molecule is Cc1ncc(-c2cncc(C[C@@H]3CCCN(C(=O)C(C)C)C3)n2)n1C. The van der Waals surface area contributed by atoms with E-state index in [4.69, 9.17) is 4.98 Å². The number of hydrogen-bond acceptors (Lipinski definition) is 4. The first kappa shape index (κ1) is 17.6. The Morgan fingerprint density at radius 2 is 2.12 bits per heavy atom. The molecule has 1 amide bonds. The third kappa shape index (κ3) is 3.89. The minimum absolute atomic E-state index is 0.0648. The van der Waals surface area contributed by atoms with Crippen molar-refractivity contribution in [3.05, 3.63) is 30.1 Å². The van der Waals surface area contributed by atoms with Crippen LogP contribution in [-0.4, -0.2) is 43.4 Å². The Bertz CT molecular complexity index is 752. The van der Waals surface area contributed by atoms with Gasteiger partial charge in [0.25, 0.3) is 0 Å². The van der Waals surface area contributed by atoms with Gasteiger partial charge in [-0.1, -0.05) is 13.8 Å². The molecule has 2 aromatic rings. The van der Waals surface area contributed by atoms with Crippen LogP contribution in [0.1, 0.15) is 38.2 Å². The second-order valence-electron chi connectivity index (χ2n) is 7.30. The van der Waals surface area contributed by atoms with E-state index in [0.717, 1.165) is 55.3 Å². The maximum absolute atomic E-state index is 12.3. The van der Waals surface area contributed by atoms with Crippen LogP contribution in [0.4, 0.5) is 0 Å². The lowest BCUT2D eigenvalue weighted by Crippen LogP contribution is -2.42. The molecule has 1 aliphatic heterocycles. The molecule has 0 aromatic carbocycles. The van der Waals surface area contributed by atoms with Gasteiger partial charge in [0.2, 0.25) is 5.91 Å². The summed E-state index contributed by atoms with van der Waals surface area (Å²) >= 11 is 0. The zero-order chi connectivity index (χ0) is 18.0. The topological polar surface area (TPSA) is 63.9 Å². The minimum Gasteiger partial charge on any atom is -0.342 e. The summed E-state index contributed by atoms with van der Waals surface area (Å²) in [5.74, 6) is 1.73. The highest BCUT2D eigenvalue weighted by atomic mass is 16.2. The number of rotatable bonds is 4. The lowest BCUT2D eigenvalue weighted by atomic mass is 9.92. The molecule has 6 heteroatoms. The number of aromatic nitrogens is 4. The molecule has 0 spiro atoms. The van der Waals surface area contributed by atoms with Crippen LogP contribution in [0.25, 0.3) is 11.4 Å². The maximum atomic E-state index is 12.3. The van der Waals surface area contributed by atoms with Crippen molar-refractivity contribution in [3.8, 4) is 11.4 Å². The van der Waals surface area contributed by atoms with Crippen molar-refractivity contribution in [2.75, 3.05) is 13.1 Å². The molecule has 2 aromatic heterocycles. The average Bonchev–Trinajstić information content (AvgIpc) is 2.94. The molecule has 0 radical (unpaired) electrons. The van der Waals surface area contributed by atoms with Gasteiger partial charge in [0.05, 0.1) is 23.8 Å².